The first-order valence-corrected chi connectivity index (χ1v) is 6.34. The highest BCUT2D eigenvalue weighted by molar-refractivity contribution is 5.68. The second-order valence-electron chi connectivity index (χ2n) is 6.19. The molecule has 100 valence electrons. The van der Waals surface area contributed by atoms with Crippen molar-refractivity contribution >= 4 is 6.09 Å². The van der Waals surface area contributed by atoms with Gasteiger partial charge in [-0.05, 0) is 40.0 Å². The van der Waals surface area contributed by atoms with Crippen molar-refractivity contribution < 1.29 is 14.3 Å². The fourth-order valence-electron chi connectivity index (χ4n) is 1.87. The lowest BCUT2D eigenvalue weighted by Crippen LogP contribution is -2.43. The molecule has 0 spiro atoms. The van der Waals surface area contributed by atoms with Crippen LogP contribution in [0.1, 0.15) is 48.0 Å². The van der Waals surface area contributed by atoms with Gasteiger partial charge in [-0.25, -0.2) is 4.79 Å². The molecular weight excluding hydrogens is 218 g/mol. The lowest BCUT2D eigenvalue weighted by Gasteiger charge is -2.23. The predicted molar refractivity (Wildman–Crippen MR) is 66.9 cm³/mol. The van der Waals surface area contributed by atoms with Gasteiger partial charge in [0, 0.05) is 0 Å². The molecule has 17 heavy (non-hydrogen) atoms. The number of hydrogen-bond donors (Lipinski definition) is 1. The molecule has 0 saturated carbocycles. The summed E-state index contributed by atoms with van der Waals surface area (Å²) in [7, 11) is 0. The third-order valence-electron chi connectivity index (χ3n) is 2.58. The fourth-order valence-corrected chi connectivity index (χ4v) is 1.87. The lowest BCUT2D eigenvalue weighted by molar-refractivity contribution is 0.0488. The highest BCUT2D eigenvalue weighted by atomic mass is 16.6. The normalized spacial score (nSPS) is 25.6. The van der Waals surface area contributed by atoms with Crippen LogP contribution in [0.5, 0.6) is 0 Å². The molecule has 1 N–H and O–H groups in total. The van der Waals surface area contributed by atoms with Crippen LogP contribution < -0.4 is 5.32 Å². The van der Waals surface area contributed by atoms with Crippen molar-refractivity contribution in [3.63, 3.8) is 0 Å². The first-order valence-electron chi connectivity index (χ1n) is 6.34. The molecule has 0 bridgehead atoms. The van der Waals surface area contributed by atoms with E-state index in [9.17, 15) is 4.79 Å². The van der Waals surface area contributed by atoms with Crippen LogP contribution >= 0.6 is 0 Å². The molecule has 1 amide bonds. The Morgan fingerprint density at radius 1 is 1.41 bits per heavy atom. The molecule has 1 aliphatic rings. The Balaban J connectivity index is 2.46. The van der Waals surface area contributed by atoms with E-state index < -0.39 is 5.60 Å². The van der Waals surface area contributed by atoms with Crippen molar-refractivity contribution in [1.82, 2.24) is 5.32 Å². The maximum atomic E-state index is 11.7. The molecule has 0 radical (unpaired) electrons. The van der Waals surface area contributed by atoms with Crippen molar-refractivity contribution in [3.8, 4) is 0 Å². The van der Waals surface area contributed by atoms with Gasteiger partial charge in [-0.3, -0.25) is 0 Å². The van der Waals surface area contributed by atoms with E-state index in [0.717, 1.165) is 6.42 Å². The molecule has 4 nitrogen and oxygen atoms in total. The number of rotatable bonds is 4. The Morgan fingerprint density at radius 3 is 2.29 bits per heavy atom. The molecule has 1 saturated heterocycles. The fraction of sp³-hybridized carbons (Fsp3) is 0.923. The van der Waals surface area contributed by atoms with Gasteiger partial charge in [0.05, 0.1) is 12.1 Å². The molecular formula is C13H25NO3. The summed E-state index contributed by atoms with van der Waals surface area (Å²) in [5.74, 6) is 0.520. The highest BCUT2D eigenvalue weighted by Crippen LogP contribution is 2.28. The Kier molecular flexibility index (Phi) is 4.42. The average molecular weight is 243 g/mol. The van der Waals surface area contributed by atoms with Crippen LogP contribution in [0.3, 0.4) is 0 Å². The molecule has 1 rings (SSSR count). The molecule has 4 heteroatoms. The Bertz CT molecular complexity index is 270. The van der Waals surface area contributed by atoms with E-state index in [1.807, 2.05) is 27.7 Å². The van der Waals surface area contributed by atoms with Gasteiger partial charge in [0.15, 0.2) is 0 Å². The van der Waals surface area contributed by atoms with Crippen LogP contribution in [0.2, 0.25) is 0 Å². The maximum absolute atomic E-state index is 11.7. The van der Waals surface area contributed by atoms with E-state index in [-0.39, 0.29) is 24.3 Å². The van der Waals surface area contributed by atoms with E-state index in [1.165, 1.54) is 0 Å². The summed E-state index contributed by atoms with van der Waals surface area (Å²) in [6, 6.07) is 0.0554. The molecule has 3 unspecified atom stereocenters. The van der Waals surface area contributed by atoms with Gasteiger partial charge < -0.3 is 14.8 Å². The quantitative estimate of drug-likeness (QED) is 0.772. The number of nitrogens with one attached hydrogen (secondary N) is 1. The van der Waals surface area contributed by atoms with Gasteiger partial charge >= 0.3 is 6.09 Å². The third kappa shape index (κ3) is 5.39. The third-order valence-corrected chi connectivity index (χ3v) is 2.58. The number of amides is 1. The molecule has 1 aliphatic heterocycles. The van der Waals surface area contributed by atoms with E-state index in [0.29, 0.717) is 5.92 Å². The largest absolute Gasteiger partial charge is 0.444 e. The summed E-state index contributed by atoms with van der Waals surface area (Å²) in [6.45, 7) is 11.9. The van der Waals surface area contributed by atoms with Crippen LogP contribution in [0.25, 0.3) is 0 Å². The first kappa shape index (κ1) is 14.3. The molecule has 0 aromatic carbocycles. The maximum Gasteiger partial charge on any atom is 0.407 e. The van der Waals surface area contributed by atoms with Crippen molar-refractivity contribution in [1.29, 1.82) is 0 Å². The lowest BCUT2D eigenvalue weighted by atomic mass is 10.00. The van der Waals surface area contributed by atoms with Gasteiger partial charge in [-0.2, -0.15) is 0 Å². The van der Waals surface area contributed by atoms with Gasteiger partial charge in [-0.15, -0.1) is 0 Å². The summed E-state index contributed by atoms with van der Waals surface area (Å²) < 4.78 is 10.7. The van der Waals surface area contributed by atoms with Crippen LogP contribution in [-0.4, -0.2) is 29.9 Å². The van der Waals surface area contributed by atoms with E-state index in [1.54, 1.807) is 0 Å². The Morgan fingerprint density at radius 2 is 1.94 bits per heavy atom. The monoisotopic (exact) mass is 243 g/mol. The van der Waals surface area contributed by atoms with Gasteiger partial charge in [-0.1, -0.05) is 13.8 Å². The summed E-state index contributed by atoms with van der Waals surface area (Å²) in [4.78, 5) is 11.7. The molecule has 0 aromatic rings. The summed E-state index contributed by atoms with van der Waals surface area (Å²) in [5.41, 5.74) is -0.456. The van der Waals surface area contributed by atoms with E-state index in [2.05, 4.69) is 19.2 Å². The molecule has 1 heterocycles. The number of carbonyl (C=O) groups excluding carboxylic acids is 1. The van der Waals surface area contributed by atoms with Gasteiger partial charge in [0.1, 0.15) is 11.7 Å². The number of alkyl carbamates (subject to hydrolysis) is 1. The zero-order valence-electron chi connectivity index (χ0n) is 11.7. The Labute approximate surface area is 104 Å². The number of hydrogen-bond acceptors (Lipinski definition) is 3. The van der Waals surface area contributed by atoms with Gasteiger partial charge in [0.2, 0.25) is 0 Å². The number of ether oxygens (including phenoxy) is 2. The minimum atomic E-state index is -0.456. The minimum absolute atomic E-state index is 0.0554. The molecule has 3 atom stereocenters. The predicted octanol–water partition coefficient (Wildman–Crippen LogP) is 2.71. The topological polar surface area (TPSA) is 50.9 Å². The van der Waals surface area contributed by atoms with E-state index >= 15 is 0 Å². The van der Waals surface area contributed by atoms with Crippen LogP contribution in [0.15, 0.2) is 0 Å². The molecule has 0 aliphatic carbocycles. The van der Waals surface area contributed by atoms with Crippen LogP contribution in [0.4, 0.5) is 4.79 Å². The van der Waals surface area contributed by atoms with Crippen molar-refractivity contribution in [3.05, 3.63) is 0 Å². The number of epoxide rings is 1. The Hall–Kier alpha value is -0.770. The number of carbonyl (C=O) groups is 1. The zero-order valence-corrected chi connectivity index (χ0v) is 11.7. The van der Waals surface area contributed by atoms with Crippen LogP contribution in [0, 0.1) is 5.92 Å². The standard InChI is InChI=1S/C13H25NO3/c1-8(2)7-10(11-9(3)16-11)14-12(15)17-13(4,5)6/h8-11H,7H2,1-6H3,(H,14,15). The summed E-state index contributed by atoms with van der Waals surface area (Å²) in [6.07, 6.45) is 0.943. The van der Waals surface area contributed by atoms with Crippen molar-refractivity contribution in [2.75, 3.05) is 0 Å². The minimum Gasteiger partial charge on any atom is -0.444 e. The first-order chi connectivity index (χ1) is 7.69. The zero-order chi connectivity index (χ0) is 13.2. The molecule has 0 aromatic heterocycles. The van der Waals surface area contributed by atoms with Crippen molar-refractivity contribution in [2.45, 2.75) is 71.8 Å². The SMILES string of the molecule is CC(C)CC(NC(=O)OC(C)(C)C)C1OC1C. The summed E-state index contributed by atoms with van der Waals surface area (Å²) >= 11 is 0. The van der Waals surface area contributed by atoms with Crippen LogP contribution in [-0.2, 0) is 9.47 Å². The average Bonchev–Trinajstić information content (AvgIpc) is 2.76. The van der Waals surface area contributed by atoms with Gasteiger partial charge in [0.25, 0.3) is 0 Å². The smallest absolute Gasteiger partial charge is 0.407 e. The van der Waals surface area contributed by atoms with Crippen molar-refractivity contribution in [2.24, 2.45) is 5.92 Å². The highest BCUT2D eigenvalue weighted by Gasteiger charge is 2.42. The second-order valence-corrected chi connectivity index (χ2v) is 6.19. The second kappa shape index (κ2) is 5.25. The van der Waals surface area contributed by atoms with E-state index in [4.69, 9.17) is 9.47 Å². The molecule has 1 fully saturated rings. The summed E-state index contributed by atoms with van der Waals surface area (Å²) in [5, 5.41) is 2.91.